The molecule has 3 aliphatic heterocycles. The van der Waals surface area contributed by atoms with Crippen LogP contribution >= 0.6 is 23.5 Å². The minimum Gasteiger partial charge on any atom is -0.445 e. The molecule has 9 atom stereocenters. The number of anilines is 1. The van der Waals surface area contributed by atoms with E-state index in [0.29, 0.717) is 50.0 Å². The normalized spacial score (nSPS) is 17.2. The number of thioether (sulfide) groups is 2. The zero-order valence-corrected chi connectivity index (χ0v) is 58.4. The number of hydrogen-bond acceptors (Lipinski definition) is 17. The number of ether oxygens (including phenoxy) is 3. The van der Waals surface area contributed by atoms with Crippen molar-refractivity contribution in [2.24, 2.45) is 28.7 Å². The predicted octanol–water partition coefficient (Wildman–Crippen LogP) is 4.25. The van der Waals surface area contributed by atoms with Gasteiger partial charge in [0, 0.05) is 65.0 Å². The minimum atomic E-state index is -1.04. The van der Waals surface area contributed by atoms with Gasteiger partial charge in [0.15, 0.2) is 0 Å². The van der Waals surface area contributed by atoms with Crippen molar-refractivity contribution in [1.29, 1.82) is 0 Å². The van der Waals surface area contributed by atoms with Crippen LogP contribution in [0.1, 0.15) is 91.7 Å². The summed E-state index contributed by atoms with van der Waals surface area (Å²) in [4.78, 5) is 160. The second-order valence-corrected chi connectivity index (χ2v) is 26.8. The van der Waals surface area contributed by atoms with E-state index < -0.39 is 103 Å². The predicted molar refractivity (Wildman–Crippen MR) is 365 cm³/mol. The number of carbonyl (C=O) groups is 11. The first-order valence-electron chi connectivity index (χ1n) is 32.2. The molecule has 26 nitrogen and oxygen atoms in total. The highest BCUT2D eigenvalue weighted by molar-refractivity contribution is 8.14. The minimum absolute atomic E-state index is 0.0132. The first-order chi connectivity index (χ1) is 45.3. The van der Waals surface area contributed by atoms with Gasteiger partial charge in [-0.15, -0.1) is 11.8 Å². The zero-order valence-electron chi connectivity index (χ0n) is 56.8. The third-order valence-electron chi connectivity index (χ3n) is 17.2. The summed E-state index contributed by atoms with van der Waals surface area (Å²) in [5.74, 6) is -4.72. The van der Waals surface area contributed by atoms with Crippen molar-refractivity contribution in [1.82, 2.24) is 50.7 Å². The SMILES string of the molecule is C=CC(=O)N1CN(C(=O)C=C)CN(C(=O)CCSCC(=O)NC(C(=O)NCC(=O)Nc2ccc(COC(=O)N(C)C(C(=O)NCC(=O)N(C)[C@@H]([C@@H](C)CC)[C@@H](CC(=O)N3CCC[C@H]3[C@H](OC)[C@@H](C)C(=O)N[C@@H](Cc3ccccc3)C3=NCCS3)OC)C(C)C)cc2)C(C)C)C1. The van der Waals surface area contributed by atoms with Crippen LogP contribution in [0.5, 0.6) is 0 Å². The van der Waals surface area contributed by atoms with Gasteiger partial charge in [0.05, 0.1) is 86.6 Å². The van der Waals surface area contributed by atoms with Gasteiger partial charge < -0.3 is 65.3 Å². The lowest BCUT2D eigenvalue weighted by Gasteiger charge is -2.41. The van der Waals surface area contributed by atoms with Gasteiger partial charge in [0.1, 0.15) is 18.7 Å². The molecule has 2 saturated heterocycles. The van der Waals surface area contributed by atoms with Gasteiger partial charge in [0.2, 0.25) is 59.1 Å². The zero-order chi connectivity index (χ0) is 70.1. The van der Waals surface area contributed by atoms with Crippen molar-refractivity contribution in [2.45, 2.75) is 136 Å². The quantitative estimate of drug-likeness (QED) is 0.0476. The molecule has 5 rings (SSSR count). The summed E-state index contributed by atoms with van der Waals surface area (Å²) in [6.45, 7) is 19.8. The maximum atomic E-state index is 14.4. The van der Waals surface area contributed by atoms with Crippen LogP contribution in [0.15, 0.2) is 84.9 Å². The number of amides is 11. The number of aliphatic imine (C=N–C) groups is 1. The summed E-state index contributed by atoms with van der Waals surface area (Å²) in [5, 5.41) is 14.8. The lowest BCUT2D eigenvalue weighted by molar-refractivity contribution is -0.154. The van der Waals surface area contributed by atoms with E-state index in [0.717, 1.165) is 45.2 Å². The van der Waals surface area contributed by atoms with E-state index in [2.05, 4.69) is 44.7 Å². The number of nitrogens with zero attached hydrogens (tertiary/aromatic N) is 7. The van der Waals surface area contributed by atoms with E-state index >= 15 is 0 Å². The van der Waals surface area contributed by atoms with Crippen LogP contribution in [-0.2, 0) is 75.2 Å². The lowest BCUT2D eigenvalue weighted by atomic mass is 9.90. The van der Waals surface area contributed by atoms with E-state index in [9.17, 15) is 52.7 Å². The number of rotatable bonds is 35. The van der Waals surface area contributed by atoms with Crippen LogP contribution in [0.4, 0.5) is 10.5 Å². The molecule has 0 aromatic heterocycles. The largest absolute Gasteiger partial charge is 0.445 e. The summed E-state index contributed by atoms with van der Waals surface area (Å²) >= 11 is 2.81. The molecule has 0 aliphatic carbocycles. The van der Waals surface area contributed by atoms with E-state index in [4.69, 9.17) is 14.2 Å². The van der Waals surface area contributed by atoms with Crippen LogP contribution in [-0.4, -0.2) is 234 Å². The van der Waals surface area contributed by atoms with Crippen LogP contribution in [0, 0.1) is 23.7 Å². The molecule has 3 aliphatic rings. The van der Waals surface area contributed by atoms with Crippen LogP contribution in [0.25, 0.3) is 0 Å². The summed E-state index contributed by atoms with van der Waals surface area (Å²) in [7, 11) is 6.12. The molecule has 0 spiro atoms. The summed E-state index contributed by atoms with van der Waals surface area (Å²) < 4.78 is 17.7. The van der Waals surface area contributed by atoms with Crippen LogP contribution < -0.4 is 26.6 Å². The summed E-state index contributed by atoms with van der Waals surface area (Å²) in [6, 6.07) is 13.1. The fraction of sp³-hybridized carbons (Fsp3) is 0.582. The highest BCUT2D eigenvalue weighted by Gasteiger charge is 2.43. The second kappa shape index (κ2) is 38.7. The van der Waals surface area contributed by atoms with Crippen LogP contribution in [0.3, 0.4) is 0 Å². The molecule has 5 N–H and O–H groups in total. The molecule has 95 heavy (non-hydrogen) atoms. The third-order valence-corrected chi connectivity index (χ3v) is 19.2. The molecule has 0 saturated carbocycles. The third kappa shape index (κ3) is 22.9. The average molecular weight is 1360 g/mol. The molecule has 2 aromatic rings. The number of methoxy groups -OCH3 is 2. The molecule has 2 fully saturated rings. The van der Waals surface area contributed by atoms with Crippen LogP contribution in [0.2, 0.25) is 0 Å². The molecule has 28 heteroatoms. The molecule has 2 unspecified atom stereocenters. The molecule has 2 aromatic carbocycles. The number of benzene rings is 2. The Balaban J connectivity index is 1.06. The smallest absolute Gasteiger partial charge is 0.410 e. The van der Waals surface area contributed by atoms with Gasteiger partial charge in [-0.2, -0.15) is 11.8 Å². The first-order valence-corrected chi connectivity index (χ1v) is 34.3. The highest BCUT2D eigenvalue weighted by Crippen LogP contribution is 2.30. The van der Waals surface area contributed by atoms with Crippen molar-refractivity contribution in [3.8, 4) is 0 Å². The van der Waals surface area contributed by atoms with E-state index in [1.54, 1.807) is 82.8 Å². The number of carbonyl (C=O) groups excluding carboxylic acids is 11. The first kappa shape index (κ1) is 77.9. The second-order valence-electron chi connectivity index (χ2n) is 24.6. The van der Waals surface area contributed by atoms with Crippen molar-refractivity contribution in [2.75, 3.05) is 97.1 Å². The van der Waals surface area contributed by atoms with E-state index in [-0.39, 0.29) is 92.6 Å². The Morgan fingerprint density at radius 1 is 0.747 bits per heavy atom. The molecule has 3 heterocycles. The maximum Gasteiger partial charge on any atom is 0.410 e. The molecule has 522 valence electrons. The van der Waals surface area contributed by atoms with Crippen molar-refractivity contribution in [3.05, 3.63) is 91.0 Å². The standard InChI is InChI=1S/C67H98N12O14S2/c1-14-44(8)61(51(91-12)34-57(85)79-30-20-23-50(79)62(92-13)45(9)63(87)72-49(66-68-29-32-95-66)33-46-21-18-17-19-22-46)74(10)58(86)36-70-65(89)60(43(6)7)75(11)67(90)93-37-47-24-26-48(27-25-47)71-52(80)35-69-64(88)59(42(4)5)73-53(81)38-94-31-28-56(84)78-40-76(54(82)15-2)39-77(41-78)55(83)16-3/h15-19,21-22,24-27,42-45,49-51,59-62H,2-3,14,20,23,28-41H2,1,4-13H3,(H,69,88)(H,70,89)(H,71,80)(H,72,87)(H,73,81)/t44-,45+,49-,50-,51+,59?,60?,61-,62+/m0/s1. The molecule has 0 bridgehead atoms. The van der Waals surface area contributed by atoms with E-state index in [1.165, 1.54) is 33.8 Å². The fourth-order valence-corrected chi connectivity index (χ4v) is 13.4. The Hall–Kier alpha value is -7.82. The van der Waals surface area contributed by atoms with Gasteiger partial charge in [-0.1, -0.05) is 111 Å². The molecular weight excluding hydrogens is 1260 g/mol. The Morgan fingerprint density at radius 3 is 1.97 bits per heavy atom. The number of nitrogens with one attached hydrogen (secondary N) is 5. The van der Waals surface area contributed by atoms with Gasteiger partial charge >= 0.3 is 6.09 Å². The highest BCUT2D eigenvalue weighted by atomic mass is 32.2. The van der Waals surface area contributed by atoms with Gasteiger partial charge in [-0.3, -0.25) is 57.8 Å². The Bertz CT molecular complexity index is 3000. The van der Waals surface area contributed by atoms with Crippen molar-refractivity contribution in [3.63, 3.8) is 0 Å². The van der Waals surface area contributed by atoms with Gasteiger partial charge in [-0.05, 0) is 72.4 Å². The topological polar surface area (TPSA) is 307 Å². The number of likely N-dealkylation sites (N-methyl/N-ethyl adjacent to an activating group) is 2. The monoisotopic (exact) mass is 1360 g/mol. The Morgan fingerprint density at radius 2 is 1.39 bits per heavy atom. The molecule has 11 amide bonds. The molecule has 0 radical (unpaired) electrons. The summed E-state index contributed by atoms with van der Waals surface area (Å²) in [6.07, 6.45) is 2.59. The van der Waals surface area contributed by atoms with Gasteiger partial charge in [-0.25, -0.2) is 4.79 Å². The Labute approximate surface area is 567 Å². The maximum absolute atomic E-state index is 14.4. The van der Waals surface area contributed by atoms with Crippen molar-refractivity contribution >= 4 is 99.4 Å². The van der Waals surface area contributed by atoms with Crippen molar-refractivity contribution < 1.29 is 67.0 Å². The average Bonchev–Trinajstić information content (AvgIpc) is 1.79. The molecular formula is C67H98N12O14S2. The Kier molecular flexibility index (Phi) is 31.7. The number of likely N-dealkylation sites (tertiary alicyclic amines) is 1. The fourth-order valence-electron chi connectivity index (χ4n) is 11.8. The lowest BCUT2D eigenvalue weighted by Crippen LogP contribution is -2.59. The summed E-state index contributed by atoms with van der Waals surface area (Å²) in [5.41, 5.74) is 2.01. The van der Waals surface area contributed by atoms with Gasteiger partial charge in [0.25, 0.3) is 0 Å². The number of hydrogen-bond donors (Lipinski definition) is 5. The van der Waals surface area contributed by atoms with E-state index in [1.807, 2.05) is 51.1 Å².